The van der Waals surface area contributed by atoms with Gasteiger partial charge in [0.2, 0.25) is 0 Å². The molecule has 0 aliphatic heterocycles. The fourth-order valence-electron chi connectivity index (χ4n) is 1.67. The second-order valence-electron chi connectivity index (χ2n) is 4.37. The van der Waals surface area contributed by atoms with Crippen molar-refractivity contribution in [3.8, 4) is 0 Å². The Morgan fingerprint density at radius 3 is 2.37 bits per heavy atom. The number of rotatable bonds is 4. The standard InChI is InChI=1S/C16H15BrO2/c1-12-7-9-14(10-8-12)15(17)16(18)19-11-13-5-3-2-4-6-13/h2-10,15H,11H2,1H3/t15-/m0/s1. The lowest BCUT2D eigenvalue weighted by Gasteiger charge is -2.10. The highest BCUT2D eigenvalue weighted by Gasteiger charge is 2.18. The van der Waals surface area contributed by atoms with Crippen LogP contribution in [-0.4, -0.2) is 5.97 Å². The number of ether oxygens (including phenoxy) is 1. The monoisotopic (exact) mass is 318 g/mol. The lowest BCUT2D eigenvalue weighted by atomic mass is 10.1. The fourth-order valence-corrected chi connectivity index (χ4v) is 2.11. The first-order valence-corrected chi connectivity index (χ1v) is 6.99. The summed E-state index contributed by atoms with van der Waals surface area (Å²) in [6.07, 6.45) is 0. The molecule has 0 unspecified atom stereocenters. The van der Waals surface area contributed by atoms with Crippen LogP contribution < -0.4 is 0 Å². The SMILES string of the molecule is Cc1ccc([C@H](Br)C(=O)OCc2ccccc2)cc1. The Kier molecular flexibility index (Phi) is 4.74. The second kappa shape index (κ2) is 6.53. The fraction of sp³-hybridized carbons (Fsp3) is 0.188. The number of carbonyl (C=O) groups excluding carboxylic acids is 1. The molecule has 0 radical (unpaired) electrons. The Morgan fingerprint density at radius 1 is 1.11 bits per heavy atom. The normalized spacial score (nSPS) is 11.9. The number of alkyl halides is 1. The summed E-state index contributed by atoms with van der Waals surface area (Å²) in [4.78, 5) is 11.5. The maximum atomic E-state index is 11.9. The van der Waals surface area contributed by atoms with E-state index in [0.29, 0.717) is 6.61 Å². The lowest BCUT2D eigenvalue weighted by molar-refractivity contribution is -0.144. The van der Waals surface area contributed by atoms with Gasteiger partial charge in [0.15, 0.2) is 0 Å². The summed E-state index contributed by atoms with van der Waals surface area (Å²) < 4.78 is 5.29. The van der Waals surface area contributed by atoms with E-state index in [9.17, 15) is 4.79 Å². The second-order valence-corrected chi connectivity index (χ2v) is 5.28. The third-order valence-electron chi connectivity index (χ3n) is 2.80. The van der Waals surface area contributed by atoms with Crippen LogP contribution in [0.15, 0.2) is 54.6 Å². The molecule has 0 aliphatic carbocycles. The number of carbonyl (C=O) groups is 1. The van der Waals surface area contributed by atoms with Crippen LogP contribution >= 0.6 is 15.9 Å². The van der Waals surface area contributed by atoms with Gasteiger partial charge < -0.3 is 4.74 Å². The van der Waals surface area contributed by atoms with Gasteiger partial charge in [-0.1, -0.05) is 76.1 Å². The topological polar surface area (TPSA) is 26.3 Å². The molecule has 0 heterocycles. The van der Waals surface area contributed by atoms with Crippen molar-refractivity contribution in [2.24, 2.45) is 0 Å². The number of hydrogen-bond acceptors (Lipinski definition) is 2. The van der Waals surface area contributed by atoms with Crippen molar-refractivity contribution in [2.75, 3.05) is 0 Å². The van der Waals surface area contributed by atoms with Gasteiger partial charge in [-0.15, -0.1) is 0 Å². The van der Waals surface area contributed by atoms with Crippen LogP contribution in [0.25, 0.3) is 0 Å². The Bertz CT molecular complexity index is 534. The molecular formula is C16H15BrO2. The molecule has 0 aliphatic rings. The maximum Gasteiger partial charge on any atom is 0.324 e. The molecule has 0 bridgehead atoms. The van der Waals surface area contributed by atoms with Crippen LogP contribution in [-0.2, 0) is 16.1 Å². The average molecular weight is 319 g/mol. The van der Waals surface area contributed by atoms with E-state index in [-0.39, 0.29) is 5.97 Å². The smallest absolute Gasteiger partial charge is 0.324 e. The highest BCUT2D eigenvalue weighted by Crippen LogP contribution is 2.24. The van der Waals surface area contributed by atoms with Gasteiger partial charge in [0.25, 0.3) is 0 Å². The van der Waals surface area contributed by atoms with E-state index in [1.165, 1.54) is 5.56 Å². The van der Waals surface area contributed by atoms with Crippen molar-refractivity contribution in [1.82, 2.24) is 0 Å². The van der Waals surface area contributed by atoms with Crippen molar-refractivity contribution >= 4 is 21.9 Å². The molecule has 0 saturated heterocycles. The molecular weight excluding hydrogens is 304 g/mol. The van der Waals surface area contributed by atoms with Crippen LogP contribution in [0.4, 0.5) is 0 Å². The maximum absolute atomic E-state index is 11.9. The first-order chi connectivity index (χ1) is 9.16. The predicted molar refractivity (Wildman–Crippen MR) is 79.1 cm³/mol. The summed E-state index contributed by atoms with van der Waals surface area (Å²) in [5.41, 5.74) is 3.06. The molecule has 2 aromatic rings. The van der Waals surface area contributed by atoms with Crippen LogP contribution in [0.3, 0.4) is 0 Å². The van der Waals surface area contributed by atoms with Gasteiger partial charge >= 0.3 is 5.97 Å². The summed E-state index contributed by atoms with van der Waals surface area (Å²) in [6.45, 7) is 2.31. The predicted octanol–water partition coefficient (Wildman–Crippen LogP) is 4.17. The summed E-state index contributed by atoms with van der Waals surface area (Å²) in [5, 5.41) is 0. The molecule has 0 aromatic heterocycles. The van der Waals surface area contributed by atoms with E-state index < -0.39 is 4.83 Å². The van der Waals surface area contributed by atoms with E-state index in [0.717, 1.165) is 11.1 Å². The van der Waals surface area contributed by atoms with Gasteiger partial charge in [-0.25, -0.2) is 0 Å². The molecule has 1 atom stereocenters. The van der Waals surface area contributed by atoms with E-state index >= 15 is 0 Å². The first-order valence-electron chi connectivity index (χ1n) is 6.08. The van der Waals surface area contributed by atoms with Gasteiger partial charge in [-0.05, 0) is 18.1 Å². The summed E-state index contributed by atoms with van der Waals surface area (Å²) in [6, 6.07) is 17.5. The zero-order chi connectivity index (χ0) is 13.7. The summed E-state index contributed by atoms with van der Waals surface area (Å²) in [7, 11) is 0. The van der Waals surface area contributed by atoms with Crippen molar-refractivity contribution in [3.63, 3.8) is 0 Å². The van der Waals surface area contributed by atoms with E-state index in [4.69, 9.17) is 4.74 Å². The molecule has 98 valence electrons. The number of halogens is 1. The Labute approximate surface area is 121 Å². The summed E-state index contributed by atoms with van der Waals surface area (Å²) in [5.74, 6) is -0.271. The highest BCUT2D eigenvalue weighted by atomic mass is 79.9. The highest BCUT2D eigenvalue weighted by molar-refractivity contribution is 9.09. The van der Waals surface area contributed by atoms with Gasteiger partial charge in [-0.2, -0.15) is 0 Å². The number of benzene rings is 2. The van der Waals surface area contributed by atoms with Crippen LogP contribution in [0, 0.1) is 6.92 Å². The van der Waals surface area contributed by atoms with Gasteiger partial charge in [0.1, 0.15) is 11.4 Å². The van der Waals surface area contributed by atoms with Crippen molar-refractivity contribution < 1.29 is 9.53 Å². The first kappa shape index (κ1) is 13.8. The lowest BCUT2D eigenvalue weighted by Crippen LogP contribution is -2.10. The van der Waals surface area contributed by atoms with Crippen LogP contribution in [0.5, 0.6) is 0 Å². The molecule has 19 heavy (non-hydrogen) atoms. The van der Waals surface area contributed by atoms with Crippen LogP contribution in [0.2, 0.25) is 0 Å². The summed E-state index contributed by atoms with van der Waals surface area (Å²) >= 11 is 3.37. The third-order valence-corrected chi connectivity index (χ3v) is 3.70. The largest absolute Gasteiger partial charge is 0.460 e. The van der Waals surface area contributed by atoms with Crippen LogP contribution in [0.1, 0.15) is 21.5 Å². The molecule has 0 amide bonds. The molecule has 0 spiro atoms. The molecule has 0 fully saturated rings. The number of esters is 1. The van der Waals surface area contributed by atoms with Gasteiger partial charge in [0, 0.05) is 0 Å². The minimum Gasteiger partial charge on any atom is -0.460 e. The zero-order valence-corrected chi connectivity index (χ0v) is 12.3. The Morgan fingerprint density at radius 2 is 1.74 bits per heavy atom. The van der Waals surface area contributed by atoms with Gasteiger partial charge in [-0.3, -0.25) is 4.79 Å². The molecule has 0 saturated carbocycles. The Balaban J connectivity index is 1.94. The van der Waals surface area contributed by atoms with Crippen molar-refractivity contribution in [1.29, 1.82) is 0 Å². The zero-order valence-electron chi connectivity index (χ0n) is 10.7. The third kappa shape index (κ3) is 3.93. The van der Waals surface area contributed by atoms with Crippen molar-refractivity contribution in [3.05, 3.63) is 71.3 Å². The Hall–Kier alpha value is -1.61. The minimum absolute atomic E-state index is 0.271. The van der Waals surface area contributed by atoms with E-state index in [1.54, 1.807) is 0 Å². The minimum atomic E-state index is -0.420. The molecule has 2 rings (SSSR count). The number of aryl methyl sites for hydroxylation is 1. The number of hydrogen-bond donors (Lipinski definition) is 0. The molecule has 3 heteroatoms. The average Bonchev–Trinajstić information content (AvgIpc) is 2.46. The molecule has 2 nitrogen and oxygen atoms in total. The van der Waals surface area contributed by atoms with E-state index in [1.807, 2.05) is 61.5 Å². The van der Waals surface area contributed by atoms with Crippen molar-refractivity contribution in [2.45, 2.75) is 18.4 Å². The van der Waals surface area contributed by atoms with Gasteiger partial charge in [0.05, 0.1) is 0 Å². The van der Waals surface area contributed by atoms with E-state index in [2.05, 4.69) is 15.9 Å². The quantitative estimate of drug-likeness (QED) is 0.624. The molecule has 2 aromatic carbocycles. The molecule has 0 N–H and O–H groups in total.